The minimum absolute atomic E-state index is 0.900. The molecule has 0 aliphatic heterocycles. The number of aryl methyl sites for hydroxylation is 2. The van der Waals surface area contributed by atoms with Crippen molar-refractivity contribution in [3.8, 4) is 11.1 Å². The van der Waals surface area contributed by atoms with Gasteiger partial charge in [0, 0.05) is 77.4 Å². The van der Waals surface area contributed by atoms with E-state index in [1.54, 1.807) is 0 Å². The van der Waals surface area contributed by atoms with Gasteiger partial charge in [0.25, 0.3) is 0 Å². The van der Waals surface area contributed by atoms with Crippen molar-refractivity contribution in [2.24, 2.45) is 0 Å². The molecule has 3 heterocycles. The van der Waals surface area contributed by atoms with Crippen molar-refractivity contribution < 1.29 is 13.3 Å². The SMILES string of the molecule is Cc1cc(Nc2ccccc2)cc2c1oc1c3ccccc3ccc21.Cc1cc(Nc2ccccc2)cc2c1oc1cc3ccccc3cc12.c1ccc(Nc2ccc3oc4c(-c5ccccc5)cc5ccccc5c4c3c2)cc1. The molecular weight excluding hydrogens is 979 g/mol. The number of furan rings is 3. The van der Waals surface area contributed by atoms with Gasteiger partial charge in [-0.25, -0.2) is 0 Å². The first-order valence-electron chi connectivity index (χ1n) is 27.0. The van der Waals surface area contributed by atoms with Gasteiger partial charge in [-0.1, -0.05) is 164 Å². The highest BCUT2D eigenvalue weighted by molar-refractivity contribution is 6.23. The third kappa shape index (κ3) is 9.14. The molecule has 0 radical (unpaired) electrons. The Labute approximate surface area is 462 Å². The second-order valence-corrected chi connectivity index (χ2v) is 20.4. The molecule has 0 amide bonds. The van der Waals surface area contributed by atoms with Gasteiger partial charge in [0.2, 0.25) is 0 Å². The Kier molecular flexibility index (Phi) is 12.2. The van der Waals surface area contributed by atoms with Crippen molar-refractivity contribution in [1.82, 2.24) is 0 Å². The molecule has 13 aromatic carbocycles. The average molecular weight is 1030 g/mol. The standard InChI is InChI=1S/C28H19NO.2C23H17NO/c1-3-9-19(10-4-1)24-17-20-11-7-8-14-23(20)27-25-18-22(15-16-26(25)30-28(24)27)29-21-12-5-2-6-13-21;1-15-11-19(24-18-9-3-2-4-10-18)14-21-20-12-16-7-5-6-8-17(16)13-22(20)25-23(15)21;1-15-13-18(24-17-8-3-2-4-9-17)14-21-20-12-11-16-7-5-6-10-19(16)23(20)25-22(15)21/h1-18,29H;2*2-14,24H,1H3. The highest BCUT2D eigenvalue weighted by Crippen LogP contribution is 2.43. The molecule has 0 atom stereocenters. The van der Waals surface area contributed by atoms with Crippen LogP contribution in [0.2, 0.25) is 0 Å². The van der Waals surface area contributed by atoms with Crippen molar-refractivity contribution in [2.75, 3.05) is 16.0 Å². The summed E-state index contributed by atoms with van der Waals surface area (Å²) in [5.41, 5.74) is 16.7. The van der Waals surface area contributed by atoms with Crippen LogP contribution in [0, 0.1) is 13.8 Å². The average Bonchev–Trinajstić information content (AvgIpc) is 4.28. The molecule has 382 valence electrons. The quantitative estimate of drug-likeness (QED) is 0.148. The van der Waals surface area contributed by atoms with E-state index in [4.69, 9.17) is 13.3 Å². The van der Waals surface area contributed by atoms with E-state index in [-0.39, 0.29) is 0 Å². The van der Waals surface area contributed by atoms with Crippen LogP contribution in [-0.4, -0.2) is 0 Å². The summed E-state index contributed by atoms with van der Waals surface area (Å²) >= 11 is 0. The number of rotatable bonds is 7. The summed E-state index contributed by atoms with van der Waals surface area (Å²) in [5, 5.41) is 24.6. The molecule has 0 bridgehead atoms. The lowest BCUT2D eigenvalue weighted by atomic mass is 9.96. The maximum atomic E-state index is 6.42. The molecular formula is C74H53N3O3. The second-order valence-electron chi connectivity index (χ2n) is 20.4. The number of benzene rings is 13. The van der Waals surface area contributed by atoms with E-state index in [0.29, 0.717) is 0 Å². The molecule has 6 heteroatoms. The summed E-state index contributed by atoms with van der Waals surface area (Å²) < 4.78 is 18.9. The predicted molar refractivity (Wildman–Crippen MR) is 338 cm³/mol. The van der Waals surface area contributed by atoms with Crippen LogP contribution < -0.4 is 16.0 Å². The molecule has 0 spiro atoms. The summed E-state index contributed by atoms with van der Waals surface area (Å²) in [4.78, 5) is 0. The lowest BCUT2D eigenvalue weighted by Gasteiger charge is -2.07. The van der Waals surface area contributed by atoms with Crippen molar-refractivity contribution in [2.45, 2.75) is 13.8 Å². The van der Waals surface area contributed by atoms with Crippen LogP contribution in [0.1, 0.15) is 11.1 Å². The van der Waals surface area contributed by atoms with Gasteiger partial charge in [0.1, 0.15) is 33.5 Å². The number of nitrogens with one attached hydrogen (secondary N) is 3. The van der Waals surface area contributed by atoms with E-state index in [2.05, 4.69) is 236 Å². The summed E-state index contributed by atoms with van der Waals surface area (Å²) in [6.07, 6.45) is 0. The van der Waals surface area contributed by atoms with E-state index < -0.39 is 0 Å². The van der Waals surface area contributed by atoms with E-state index in [0.717, 1.165) is 122 Å². The first kappa shape index (κ1) is 47.9. The smallest absolute Gasteiger partial charge is 0.143 e. The molecule has 0 saturated heterocycles. The Balaban J connectivity index is 0.000000109. The normalized spacial score (nSPS) is 11.4. The maximum Gasteiger partial charge on any atom is 0.143 e. The minimum Gasteiger partial charge on any atom is -0.456 e. The highest BCUT2D eigenvalue weighted by Gasteiger charge is 2.18. The Morgan fingerprint density at radius 3 is 1.38 bits per heavy atom. The topological polar surface area (TPSA) is 75.5 Å². The van der Waals surface area contributed by atoms with Crippen LogP contribution in [0.15, 0.2) is 280 Å². The van der Waals surface area contributed by atoms with Crippen LogP contribution in [0.5, 0.6) is 0 Å². The van der Waals surface area contributed by atoms with Gasteiger partial charge in [-0.05, 0) is 161 Å². The third-order valence-electron chi connectivity index (χ3n) is 15.0. The molecule has 0 aliphatic rings. The third-order valence-corrected chi connectivity index (χ3v) is 15.0. The maximum absolute atomic E-state index is 6.42. The van der Waals surface area contributed by atoms with Gasteiger partial charge in [-0.3, -0.25) is 0 Å². The molecule has 0 saturated carbocycles. The fourth-order valence-electron chi connectivity index (χ4n) is 11.3. The fourth-order valence-corrected chi connectivity index (χ4v) is 11.3. The van der Waals surface area contributed by atoms with Crippen LogP contribution in [0.4, 0.5) is 34.1 Å². The fraction of sp³-hybridized carbons (Fsp3) is 0.0270. The van der Waals surface area contributed by atoms with Gasteiger partial charge in [0.15, 0.2) is 0 Å². The van der Waals surface area contributed by atoms with E-state index in [1.807, 2.05) is 60.7 Å². The van der Waals surface area contributed by atoms with Gasteiger partial charge in [-0.2, -0.15) is 0 Å². The largest absolute Gasteiger partial charge is 0.456 e. The van der Waals surface area contributed by atoms with Crippen molar-refractivity contribution in [3.05, 3.63) is 278 Å². The Morgan fingerprint density at radius 1 is 0.250 bits per heavy atom. The molecule has 0 fully saturated rings. The van der Waals surface area contributed by atoms with Crippen LogP contribution in [0.3, 0.4) is 0 Å². The summed E-state index contributed by atoms with van der Waals surface area (Å²) in [5.74, 6) is 0. The van der Waals surface area contributed by atoms with Gasteiger partial charge in [-0.15, -0.1) is 0 Å². The summed E-state index contributed by atoms with van der Waals surface area (Å²) in [6.45, 7) is 4.20. The molecule has 0 unspecified atom stereocenters. The number of hydrogen-bond acceptors (Lipinski definition) is 6. The Bertz CT molecular complexity index is 4870. The zero-order valence-electron chi connectivity index (χ0n) is 44.1. The molecule has 3 aromatic heterocycles. The van der Waals surface area contributed by atoms with Gasteiger partial charge >= 0.3 is 0 Å². The number of hydrogen-bond donors (Lipinski definition) is 3. The van der Waals surface area contributed by atoms with Crippen LogP contribution >= 0.6 is 0 Å². The van der Waals surface area contributed by atoms with Gasteiger partial charge < -0.3 is 29.2 Å². The van der Waals surface area contributed by atoms with Crippen LogP contribution in [0.25, 0.3) is 109 Å². The zero-order chi connectivity index (χ0) is 53.5. The van der Waals surface area contributed by atoms with E-state index >= 15 is 0 Å². The zero-order valence-corrected chi connectivity index (χ0v) is 44.1. The first-order valence-corrected chi connectivity index (χ1v) is 27.0. The van der Waals surface area contributed by atoms with Crippen molar-refractivity contribution in [3.63, 3.8) is 0 Å². The lowest BCUT2D eigenvalue weighted by Crippen LogP contribution is -1.90. The number of fused-ring (bicyclic) bond motifs is 14. The molecule has 0 aliphatic carbocycles. The Hall–Kier alpha value is -10.6. The molecule has 6 nitrogen and oxygen atoms in total. The van der Waals surface area contributed by atoms with Crippen LogP contribution in [-0.2, 0) is 0 Å². The first-order chi connectivity index (χ1) is 39.4. The minimum atomic E-state index is 0.900. The lowest BCUT2D eigenvalue weighted by molar-refractivity contribution is 0.666. The molecule has 3 N–H and O–H groups in total. The second kappa shape index (κ2) is 20.4. The van der Waals surface area contributed by atoms with Gasteiger partial charge in [0.05, 0.1) is 0 Å². The monoisotopic (exact) mass is 1030 g/mol. The number of anilines is 6. The van der Waals surface area contributed by atoms with Crippen molar-refractivity contribution >= 4 is 132 Å². The molecule has 16 rings (SSSR count). The summed E-state index contributed by atoms with van der Waals surface area (Å²) in [7, 11) is 0. The number of para-hydroxylation sites is 3. The molecule has 16 aromatic rings. The molecule has 80 heavy (non-hydrogen) atoms. The highest BCUT2D eigenvalue weighted by atomic mass is 16.3. The van der Waals surface area contributed by atoms with E-state index in [1.165, 1.54) is 32.3 Å². The van der Waals surface area contributed by atoms with Crippen molar-refractivity contribution in [1.29, 1.82) is 0 Å². The summed E-state index contributed by atoms with van der Waals surface area (Å²) in [6, 6.07) is 92.3. The van der Waals surface area contributed by atoms with E-state index in [9.17, 15) is 0 Å². The Morgan fingerprint density at radius 2 is 0.738 bits per heavy atom. The predicted octanol–water partition coefficient (Wildman–Crippen LogP) is 21.7.